The van der Waals surface area contributed by atoms with Crippen molar-refractivity contribution in [2.24, 2.45) is 11.7 Å². The maximum Gasteiger partial charge on any atom is 0.0547 e. The fraction of sp³-hybridized carbons (Fsp3) is 0.615. The average molecular weight is 221 g/mol. The molecule has 1 aromatic rings. The minimum absolute atomic E-state index is 0.231. The van der Waals surface area contributed by atoms with Gasteiger partial charge in [0.1, 0.15) is 0 Å². The van der Waals surface area contributed by atoms with Crippen LogP contribution in [-0.2, 0) is 6.54 Å². The van der Waals surface area contributed by atoms with E-state index in [1.807, 2.05) is 19.1 Å². The van der Waals surface area contributed by atoms with E-state index in [9.17, 15) is 0 Å². The second-order valence-electron chi connectivity index (χ2n) is 4.87. The lowest BCUT2D eigenvalue weighted by molar-refractivity contribution is 0.274. The number of nitrogens with zero attached hydrogens (tertiary/aromatic N) is 2. The Morgan fingerprint density at radius 2 is 2.06 bits per heavy atom. The molecule has 0 saturated heterocycles. The molecule has 0 spiro atoms. The summed E-state index contributed by atoms with van der Waals surface area (Å²) in [5.74, 6) is 0.521. The van der Waals surface area contributed by atoms with Crippen LogP contribution in [0.4, 0.5) is 0 Å². The Balaban J connectivity index is 2.48. The zero-order valence-corrected chi connectivity index (χ0v) is 10.8. The number of aromatic nitrogens is 1. The van der Waals surface area contributed by atoms with Gasteiger partial charge >= 0.3 is 0 Å². The number of aryl methyl sites for hydroxylation is 1. The smallest absolute Gasteiger partial charge is 0.0547 e. The fourth-order valence-corrected chi connectivity index (χ4v) is 1.60. The lowest BCUT2D eigenvalue weighted by atomic mass is 10.1. The van der Waals surface area contributed by atoms with Crippen LogP contribution in [-0.4, -0.2) is 29.5 Å². The number of nitrogens with two attached hydrogens (primary N) is 1. The van der Waals surface area contributed by atoms with Gasteiger partial charge in [0.05, 0.1) is 5.69 Å². The van der Waals surface area contributed by atoms with Gasteiger partial charge in [0.2, 0.25) is 0 Å². The molecule has 0 aliphatic carbocycles. The highest BCUT2D eigenvalue weighted by atomic mass is 15.1. The van der Waals surface area contributed by atoms with Gasteiger partial charge in [0, 0.05) is 24.8 Å². The third kappa shape index (κ3) is 4.29. The van der Waals surface area contributed by atoms with Gasteiger partial charge in [-0.05, 0) is 32.0 Å². The van der Waals surface area contributed by atoms with Crippen LogP contribution >= 0.6 is 0 Å². The molecule has 0 bridgehead atoms. The molecule has 16 heavy (non-hydrogen) atoms. The fourth-order valence-electron chi connectivity index (χ4n) is 1.60. The summed E-state index contributed by atoms with van der Waals surface area (Å²) >= 11 is 0. The molecule has 0 fully saturated rings. The summed E-state index contributed by atoms with van der Waals surface area (Å²) in [6.07, 6.45) is 0. The average Bonchev–Trinajstić information content (AvgIpc) is 2.16. The van der Waals surface area contributed by atoms with Crippen LogP contribution in [0.5, 0.6) is 0 Å². The lowest BCUT2D eigenvalue weighted by Gasteiger charge is -2.23. The molecule has 3 heteroatoms. The van der Waals surface area contributed by atoms with Crippen molar-refractivity contribution in [1.29, 1.82) is 0 Å². The third-order valence-corrected chi connectivity index (χ3v) is 2.76. The molecule has 0 saturated carbocycles. The molecule has 3 nitrogen and oxygen atoms in total. The van der Waals surface area contributed by atoms with E-state index >= 15 is 0 Å². The van der Waals surface area contributed by atoms with E-state index in [0.29, 0.717) is 5.92 Å². The van der Waals surface area contributed by atoms with E-state index in [1.165, 1.54) is 0 Å². The van der Waals surface area contributed by atoms with E-state index in [4.69, 9.17) is 5.73 Å². The van der Waals surface area contributed by atoms with Crippen LogP contribution in [0.15, 0.2) is 18.2 Å². The maximum absolute atomic E-state index is 6.04. The van der Waals surface area contributed by atoms with Crippen LogP contribution in [0, 0.1) is 12.8 Å². The molecule has 1 atom stereocenters. The van der Waals surface area contributed by atoms with Crippen molar-refractivity contribution in [3.8, 4) is 0 Å². The van der Waals surface area contributed by atoms with Gasteiger partial charge in [-0.1, -0.05) is 19.9 Å². The van der Waals surface area contributed by atoms with Crippen molar-refractivity contribution >= 4 is 0 Å². The topological polar surface area (TPSA) is 42.1 Å². The number of rotatable bonds is 5. The van der Waals surface area contributed by atoms with Gasteiger partial charge in [0.15, 0.2) is 0 Å². The lowest BCUT2D eigenvalue weighted by Crippen LogP contribution is -2.38. The predicted octanol–water partition coefficient (Wildman–Crippen LogP) is 1.81. The highest BCUT2D eigenvalue weighted by molar-refractivity contribution is 5.09. The summed E-state index contributed by atoms with van der Waals surface area (Å²) < 4.78 is 0. The Morgan fingerprint density at radius 1 is 1.38 bits per heavy atom. The van der Waals surface area contributed by atoms with Crippen LogP contribution < -0.4 is 5.73 Å². The zero-order chi connectivity index (χ0) is 12.1. The van der Waals surface area contributed by atoms with E-state index in [1.54, 1.807) is 0 Å². The van der Waals surface area contributed by atoms with Crippen LogP contribution in [0.25, 0.3) is 0 Å². The summed E-state index contributed by atoms with van der Waals surface area (Å²) in [6, 6.07) is 6.36. The summed E-state index contributed by atoms with van der Waals surface area (Å²) in [7, 11) is 2.09. The molecule has 1 aromatic heterocycles. The van der Waals surface area contributed by atoms with Gasteiger partial charge in [-0.25, -0.2) is 0 Å². The Kier molecular flexibility index (Phi) is 4.90. The largest absolute Gasteiger partial charge is 0.326 e. The highest BCUT2D eigenvalue weighted by Gasteiger charge is 2.11. The number of hydrogen-bond acceptors (Lipinski definition) is 3. The van der Waals surface area contributed by atoms with Gasteiger partial charge in [-0.15, -0.1) is 0 Å². The molecule has 2 N–H and O–H groups in total. The third-order valence-electron chi connectivity index (χ3n) is 2.76. The molecule has 0 amide bonds. The standard InChI is InChI=1S/C13H23N3/c1-10(2)13(14)9-16(4)8-12-7-5-6-11(3)15-12/h5-7,10,13H,8-9,14H2,1-4H3. The quantitative estimate of drug-likeness (QED) is 0.824. The van der Waals surface area contributed by atoms with Crippen LogP contribution in [0.2, 0.25) is 0 Å². The van der Waals surface area contributed by atoms with Crippen molar-refractivity contribution in [2.45, 2.75) is 33.4 Å². The first-order chi connectivity index (χ1) is 7.49. The monoisotopic (exact) mass is 221 g/mol. The van der Waals surface area contributed by atoms with Crippen LogP contribution in [0.1, 0.15) is 25.2 Å². The number of pyridine rings is 1. The summed E-state index contributed by atoms with van der Waals surface area (Å²) in [5.41, 5.74) is 8.22. The summed E-state index contributed by atoms with van der Waals surface area (Å²) in [4.78, 5) is 6.71. The molecule has 1 rings (SSSR count). The number of likely N-dealkylation sites (N-methyl/N-ethyl adjacent to an activating group) is 1. The van der Waals surface area contributed by atoms with E-state index in [2.05, 4.69) is 36.8 Å². The molecule has 90 valence electrons. The number of hydrogen-bond donors (Lipinski definition) is 1. The summed E-state index contributed by atoms with van der Waals surface area (Å²) in [5, 5.41) is 0. The Morgan fingerprint density at radius 3 is 2.62 bits per heavy atom. The first kappa shape index (κ1) is 13.1. The van der Waals surface area contributed by atoms with E-state index in [-0.39, 0.29) is 6.04 Å². The maximum atomic E-state index is 6.04. The zero-order valence-electron chi connectivity index (χ0n) is 10.8. The van der Waals surface area contributed by atoms with Crippen LogP contribution in [0.3, 0.4) is 0 Å². The predicted molar refractivity (Wildman–Crippen MR) is 68.1 cm³/mol. The van der Waals surface area contributed by atoms with Gasteiger partial charge < -0.3 is 5.73 Å². The second kappa shape index (κ2) is 5.97. The minimum Gasteiger partial charge on any atom is -0.326 e. The van der Waals surface area contributed by atoms with Crippen molar-refractivity contribution in [1.82, 2.24) is 9.88 Å². The van der Waals surface area contributed by atoms with E-state index < -0.39 is 0 Å². The van der Waals surface area contributed by atoms with Crippen molar-refractivity contribution in [2.75, 3.05) is 13.6 Å². The highest BCUT2D eigenvalue weighted by Crippen LogP contribution is 2.05. The molecular weight excluding hydrogens is 198 g/mol. The Labute approximate surface area is 98.7 Å². The first-order valence-electron chi connectivity index (χ1n) is 5.85. The van der Waals surface area contributed by atoms with Crippen molar-refractivity contribution in [3.05, 3.63) is 29.6 Å². The van der Waals surface area contributed by atoms with E-state index in [0.717, 1.165) is 24.5 Å². The van der Waals surface area contributed by atoms with Crippen molar-refractivity contribution in [3.63, 3.8) is 0 Å². The van der Waals surface area contributed by atoms with Gasteiger partial charge in [0.25, 0.3) is 0 Å². The van der Waals surface area contributed by atoms with Gasteiger partial charge in [-0.3, -0.25) is 9.88 Å². The van der Waals surface area contributed by atoms with Crippen molar-refractivity contribution < 1.29 is 0 Å². The Hall–Kier alpha value is -0.930. The molecule has 1 unspecified atom stereocenters. The SMILES string of the molecule is Cc1cccc(CN(C)CC(N)C(C)C)n1. The minimum atomic E-state index is 0.231. The second-order valence-corrected chi connectivity index (χ2v) is 4.87. The van der Waals surface area contributed by atoms with Gasteiger partial charge in [-0.2, -0.15) is 0 Å². The molecule has 0 aliphatic heterocycles. The normalized spacial score (nSPS) is 13.4. The molecule has 0 aromatic carbocycles. The summed E-state index contributed by atoms with van der Waals surface area (Å²) in [6.45, 7) is 8.10. The molecular formula is C13H23N3. The molecule has 0 radical (unpaired) electrons. The molecule has 1 heterocycles. The first-order valence-corrected chi connectivity index (χ1v) is 5.85. The molecule has 0 aliphatic rings. The Bertz CT molecular complexity index is 323.